The number of aromatic nitrogens is 2. The summed E-state index contributed by atoms with van der Waals surface area (Å²) in [6.07, 6.45) is 5.27. The van der Waals surface area contributed by atoms with Crippen molar-refractivity contribution in [3.8, 4) is 5.69 Å². The van der Waals surface area contributed by atoms with E-state index in [-0.39, 0.29) is 12.3 Å². The largest absolute Gasteiger partial charge is 0.306 e. The lowest BCUT2D eigenvalue weighted by molar-refractivity contribution is 0.580. The molecule has 0 bridgehead atoms. The molecular formula is C17H16ClN3O2S. The van der Waals surface area contributed by atoms with E-state index in [1.54, 1.807) is 36.8 Å². The SMILES string of the molecule is O=S(=O)(Cc1cccc(Cl)c1)NCc1ccc(-n2ccnc2)cc1. The minimum absolute atomic E-state index is 0.0965. The molecule has 1 N–H and O–H groups in total. The van der Waals surface area contributed by atoms with Crippen molar-refractivity contribution in [2.45, 2.75) is 12.3 Å². The maximum Gasteiger partial charge on any atom is 0.216 e. The van der Waals surface area contributed by atoms with Crippen LogP contribution in [0.2, 0.25) is 5.02 Å². The molecule has 2 aromatic carbocycles. The summed E-state index contributed by atoms with van der Waals surface area (Å²) >= 11 is 5.88. The Bertz CT molecular complexity index is 907. The van der Waals surface area contributed by atoms with E-state index in [9.17, 15) is 8.42 Å². The van der Waals surface area contributed by atoms with Crippen LogP contribution in [0.25, 0.3) is 5.69 Å². The van der Waals surface area contributed by atoms with Crippen LogP contribution in [0.3, 0.4) is 0 Å². The standard InChI is InChI=1S/C17H16ClN3O2S/c18-16-3-1-2-15(10-16)12-24(22,23)20-11-14-4-6-17(7-5-14)21-9-8-19-13-21/h1-10,13,20H,11-12H2. The van der Waals surface area contributed by atoms with Gasteiger partial charge in [-0.05, 0) is 35.4 Å². The predicted octanol–water partition coefficient (Wildman–Crippen LogP) is 3.15. The summed E-state index contributed by atoms with van der Waals surface area (Å²) in [6, 6.07) is 14.5. The van der Waals surface area contributed by atoms with E-state index in [4.69, 9.17) is 11.6 Å². The highest BCUT2D eigenvalue weighted by molar-refractivity contribution is 7.88. The Hall–Kier alpha value is -2.15. The molecule has 0 spiro atoms. The monoisotopic (exact) mass is 361 g/mol. The fraction of sp³-hybridized carbons (Fsp3) is 0.118. The molecule has 1 heterocycles. The van der Waals surface area contributed by atoms with Gasteiger partial charge in [0.2, 0.25) is 10.0 Å². The van der Waals surface area contributed by atoms with E-state index in [0.717, 1.165) is 11.3 Å². The summed E-state index contributed by atoms with van der Waals surface area (Å²) in [5.41, 5.74) is 2.51. The lowest BCUT2D eigenvalue weighted by Crippen LogP contribution is -2.24. The van der Waals surface area contributed by atoms with Crippen molar-refractivity contribution in [2.75, 3.05) is 0 Å². The molecule has 3 rings (SSSR count). The number of nitrogens with zero attached hydrogens (tertiary/aromatic N) is 2. The first-order valence-electron chi connectivity index (χ1n) is 7.31. The number of halogens is 1. The van der Waals surface area contributed by atoms with Crippen LogP contribution in [-0.2, 0) is 22.3 Å². The first-order chi connectivity index (χ1) is 11.5. The topological polar surface area (TPSA) is 64.0 Å². The average molecular weight is 362 g/mol. The highest BCUT2D eigenvalue weighted by Gasteiger charge is 2.11. The van der Waals surface area contributed by atoms with Crippen molar-refractivity contribution in [1.82, 2.24) is 14.3 Å². The van der Waals surface area contributed by atoms with Gasteiger partial charge in [0, 0.05) is 29.6 Å². The van der Waals surface area contributed by atoms with Crippen molar-refractivity contribution in [3.63, 3.8) is 0 Å². The molecule has 0 atom stereocenters. The van der Waals surface area contributed by atoms with Crippen LogP contribution in [0.1, 0.15) is 11.1 Å². The first kappa shape index (κ1) is 16.7. The average Bonchev–Trinajstić information content (AvgIpc) is 3.08. The zero-order valence-corrected chi connectivity index (χ0v) is 14.3. The van der Waals surface area contributed by atoms with Crippen LogP contribution in [0.4, 0.5) is 0 Å². The summed E-state index contributed by atoms with van der Waals surface area (Å²) in [7, 11) is -3.43. The lowest BCUT2D eigenvalue weighted by atomic mass is 10.2. The molecule has 3 aromatic rings. The van der Waals surface area contributed by atoms with Crippen LogP contribution in [0, 0.1) is 0 Å². The molecule has 0 unspecified atom stereocenters. The van der Waals surface area contributed by atoms with Crippen molar-refractivity contribution in [1.29, 1.82) is 0 Å². The van der Waals surface area contributed by atoms with Gasteiger partial charge < -0.3 is 4.57 Å². The molecule has 0 saturated carbocycles. The Labute approximate surface area is 146 Å². The highest BCUT2D eigenvalue weighted by atomic mass is 35.5. The fourth-order valence-electron chi connectivity index (χ4n) is 2.29. The van der Waals surface area contributed by atoms with E-state index in [1.807, 2.05) is 35.0 Å². The van der Waals surface area contributed by atoms with Gasteiger partial charge >= 0.3 is 0 Å². The highest BCUT2D eigenvalue weighted by Crippen LogP contribution is 2.14. The molecule has 0 saturated heterocycles. The van der Waals surface area contributed by atoms with Crippen LogP contribution in [0.15, 0.2) is 67.3 Å². The lowest BCUT2D eigenvalue weighted by Gasteiger charge is -2.08. The second-order valence-electron chi connectivity index (χ2n) is 5.35. The number of benzene rings is 2. The minimum Gasteiger partial charge on any atom is -0.306 e. The van der Waals surface area contributed by atoms with Crippen molar-refractivity contribution >= 4 is 21.6 Å². The predicted molar refractivity (Wildman–Crippen MR) is 94.5 cm³/mol. The quantitative estimate of drug-likeness (QED) is 0.733. The molecule has 0 amide bonds. The van der Waals surface area contributed by atoms with Crippen molar-refractivity contribution < 1.29 is 8.42 Å². The van der Waals surface area contributed by atoms with Gasteiger partial charge in [-0.25, -0.2) is 18.1 Å². The van der Waals surface area contributed by atoms with Gasteiger partial charge in [0.1, 0.15) is 0 Å². The molecule has 0 aliphatic heterocycles. The summed E-state index contributed by atoms with van der Waals surface area (Å²) in [5.74, 6) is -0.0965. The van der Waals surface area contributed by atoms with Crippen LogP contribution >= 0.6 is 11.6 Å². The van der Waals surface area contributed by atoms with Gasteiger partial charge in [-0.1, -0.05) is 35.9 Å². The number of imidazole rings is 1. The van der Waals surface area contributed by atoms with Crippen LogP contribution < -0.4 is 4.72 Å². The molecule has 7 heteroatoms. The maximum absolute atomic E-state index is 12.2. The normalized spacial score (nSPS) is 11.5. The van der Waals surface area contributed by atoms with Gasteiger partial charge in [0.05, 0.1) is 12.1 Å². The number of hydrogen-bond donors (Lipinski definition) is 1. The second kappa shape index (κ2) is 7.17. The van der Waals surface area contributed by atoms with E-state index in [2.05, 4.69) is 9.71 Å². The third-order valence-electron chi connectivity index (χ3n) is 3.48. The van der Waals surface area contributed by atoms with Gasteiger partial charge in [-0.2, -0.15) is 0 Å². The van der Waals surface area contributed by atoms with E-state index < -0.39 is 10.0 Å². The van der Waals surface area contributed by atoms with Gasteiger partial charge in [0.25, 0.3) is 0 Å². The van der Waals surface area contributed by atoms with Crippen molar-refractivity contribution in [3.05, 3.63) is 83.4 Å². The third kappa shape index (κ3) is 4.44. The molecule has 24 heavy (non-hydrogen) atoms. The summed E-state index contributed by atoms with van der Waals surface area (Å²) in [5, 5.41) is 0.526. The van der Waals surface area contributed by atoms with E-state index in [1.165, 1.54) is 0 Å². The molecule has 0 radical (unpaired) electrons. The summed E-state index contributed by atoms with van der Waals surface area (Å²) in [4.78, 5) is 4.00. The smallest absolute Gasteiger partial charge is 0.216 e. The van der Waals surface area contributed by atoms with Crippen molar-refractivity contribution in [2.24, 2.45) is 0 Å². The number of nitrogens with one attached hydrogen (secondary N) is 1. The molecule has 0 aliphatic rings. The van der Waals surface area contributed by atoms with Crippen LogP contribution in [-0.4, -0.2) is 18.0 Å². The Morgan fingerprint density at radius 2 is 1.88 bits per heavy atom. The number of rotatable bonds is 6. The number of sulfonamides is 1. The first-order valence-corrected chi connectivity index (χ1v) is 9.34. The third-order valence-corrected chi connectivity index (χ3v) is 5.01. The Balaban J connectivity index is 1.62. The molecule has 0 aliphatic carbocycles. The van der Waals surface area contributed by atoms with Crippen LogP contribution in [0.5, 0.6) is 0 Å². The summed E-state index contributed by atoms with van der Waals surface area (Å²) < 4.78 is 28.8. The zero-order valence-electron chi connectivity index (χ0n) is 12.8. The van der Waals surface area contributed by atoms with E-state index in [0.29, 0.717) is 10.6 Å². The van der Waals surface area contributed by atoms with E-state index >= 15 is 0 Å². The molecular weight excluding hydrogens is 346 g/mol. The Kier molecular flexibility index (Phi) is 4.99. The molecule has 5 nitrogen and oxygen atoms in total. The van der Waals surface area contributed by atoms with Gasteiger partial charge in [0.15, 0.2) is 0 Å². The number of hydrogen-bond acceptors (Lipinski definition) is 3. The second-order valence-corrected chi connectivity index (χ2v) is 7.59. The molecule has 1 aromatic heterocycles. The molecule has 124 valence electrons. The van der Waals surface area contributed by atoms with Gasteiger partial charge in [-0.15, -0.1) is 0 Å². The fourth-order valence-corrected chi connectivity index (χ4v) is 3.61. The molecule has 0 fully saturated rings. The Morgan fingerprint density at radius 1 is 1.08 bits per heavy atom. The summed E-state index contributed by atoms with van der Waals surface area (Å²) in [6.45, 7) is 0.243. The maximum atomic E-state index is 12.2. The Morgan fingerprint density at radius 3 is 2.54 bits per heavy atom. The minimum atomic E-state index is -3.43. The zero-order chi connectivity index (χ0) is 17.0. The van der Waals surface area contributed by atoms with Gasteiger partial charge in [-0.3, -0.25) is 0 Å².